The third kappa shape index (κ3) is 4.31. The van der Waals surface area contributed by atoms with E-state index in [0.717, 1.165) is 11.3 Å². The lowest BCUT2D eigenvalue weighted by molar-refractivity contribution is 0.123. The highest BCUT2D eigenvalue weighted by Gasteiger charge is 2.20. The minimum Gasteiger partial charge on any atom is -0.378 e. The van der Waals surface area contributed by atoms with Crippen molar-refractivity contribution in [1.29, 1.82) is 0 Å². The lowest BCUT2D eigenvalue weighted by Gasteiger charge is -2.30. The van der Waals surface area contributed by atoms with Gasteiger partial charge in [0.25, 0.3) is 10.0 Å². The summed E-state index contributed by atoms with van der Waals surface area (Å²) in [6, 6.07) is 12.2. The molecule has 0 bridgehead atoms. The van der Waals surface area contributed by atoms with Crippen molar-refractivity contribution in [3.8, 4) is 0 Å². The van der Waals surface area contributed by atoms with Gasteiger partial charge < -0.3 is 9.64 Å². The number of morpholine rings is 1. The fourth-order valence-electron chi connectivity index (χ4n) is 2.91. The second-order valence-corrected chi connectivity index (χ2v) is 8.71. The SMILES string of the molecule is CC(C)c1ccc(S(=O)(=O)Nc2cc(Cl)ccc2N2CCOCC2)cc1. The predicted octanol–water partition coefficient (Wildman–Crippen LogP) is 4.10. The van der Waals surface area contributed by atoms with Crippen LogP contribution in [0.5, 0.6) is 0 Å². The number of nitrogens with one attached hydrogen (secondary N) is 1. The molecule has 26 heavy (non-hydrogen) atoms. The van der Waals surface area contributed by atoms with Crippen LogP contribution < -0.4 is 9.62 Å². The van der Waals surface area contributed by atoms with Gasteiger partial charge in [-0.3, -0.25) is 4.72 Å². The van der Waals surface area contributed by atoms with E-state index < -0.39 is 10.0 Å². The molecule has 1 fully saturated rings. The predicted molar refractivity (Wildman–Crippen MR) is 106 cm³/mol. The molecule has 1 heterocycles. The summed E-state index contributed by atoms with van der Waals surface area (Å²) in [7, 11) is -3.70. The molecule has 0 aromatic heterocycles. The average Bonchev–Trinajstić information content (AvgIpc) is 2.62. The van der Waals surface area contributed by atoms with Crippen LogP contribution in [0.15, 0.2) is 47.4 Å². The molecule has 0 spiro atoms. The third-order valence-corrected chi connectivity index (χ3v) is 6.03. The number of nitrogens with zero attached hydrogens (tertiary/aromatic N) is 1. The van der Waals surface area contributed by atoms with Crippen molar-refractivity contribution in [1.82, 2.24) is 0 Å². The highest BCUT2D eigenvalue weighted by molar-refractivity contribution is 7.92. The maximum atomic E-state index is 12.8. The number of anilines is 2. The number of hydrogen-bond acceptors (Lipinski definition) is 4. The first-order valence-electron chi connectivity index (χ1n) is 8.62. The molecule has 0 radical (unpaired) electrons. The molecule has 0 unspecified atom stereocenters. The van der Waals surface area contributed by atoms with E-state index in [2.05, 4.69) is 23.5 Å². The number of benzene rings is 2. The van der Waals surface area contributed by atoms with E-state index in [1.165, 1.54) is 0 Å². The highest BCUT2D eigenvalue weighted by atomic mass is 35.5. The average molecular weight is 395 g/mol. The van der Waals surface area contributed by atoms with Crippen molar-refractivity contribution in [2.45, 2.75) is 24.7 Å². The van der Waals surface area contributed by atoms with Gasteiger partial charge in [0.2, 0.25) is 0 Å². The molecule has 140 valence electrons. The summed E-state index contributed by atoms with van der Waals surface area (Å²) in [5.41, 5.74) is 2.38. The Bertz CT molecular complexity index is 861. The van der Waals surface area contributed by atoms with Crippen molar-refractivity contribution in [2.24, 2.45) is 0 Å². The monoisotopic (exact) mass is 394 g/mol. The Hall–Kier alpha value is -1.76. The molecule has 0 atom stereocenters. The lowest BCUT2D eigenvalue weighted by Crippen LogP contribution is -2.36. The van der Waals surface area contributed by atoms with Crippen molar-refractivity contribution >= 4 is 33.0 Å². The Kier molecular flexibility index (Phi) is 5.75. The molecular weight excluding hydrogens is 372 g/mol. The van der Waals surface area contributed by atoms with E-state index in [1.807, 2.05) is 18.2 Å². The zero-order valence-corrected chi connectivity index (χ0v) is 16.5. The van der Waals surface area contributed by atoms with Gasteiger partial charge in [-0.25, -0.2) is 8.42 Å². The number of hydrogen-bond donors (Lipinski definition) is 1. The molecule has 3 rings (SSSR count). The van der Waals surface area contributed by atoms with E-state index >= 15 is 0 Å². The first-order valence-corrected chi connectivity index (χ1v) is 10.5. The minimum absolute atomic E-state index is 0.231. The van der Waals surface area contributed by atoms with Crippen LogP contribution in [-0.4, -0.2) is 34.7 Å². The van der Waals surface area contributed by atoms with Gasteiger partial charge in [-0.05, 0) is 41.8 Å². The largest absolute Gasteiger partial charge is 0.378 e. The molecule has 0 aliphatic carbocycles. The maximum Gasteiger partial charge on any atom is 0.261 e. The van der Waals surface area contributed by atoms with Crippen LogP contribution in [0.1, 0.15) is 25.3 Å². The lowest BCUT2D eigenvalue weighted by atomic mass is 10.0. The number of rotatable bonds is 5. The zero-order chi connectivity index (χ0) is 18.7. The van der Waals surface area contributed by atoms with E-state index in [1.54, 1.807) is 24.3 Å². The molecule has 1 aliphatic rings. The van der Waals surface area contributed by atoms with Gasteiger partial charge >= 0.3 is 0 Å². The van der Waals surface area contributed by atoms with Crippen LogP contribution in [0.2, 0.25) is 5.02 Å². The standard InChI is InChI=1S/C19H23ClN2O3S/c1-14(2)15-3-6-17(7-4-15)26(23,24)21-18-13-16(20)5-8-19(18)22-9-11-25-12-10-22/h3-8,13-14,21H,9-12H2,1-2H3. The zero-order valence-electron chi connectivity index (χ0n) is 14.9. The molecule has 2 aromatic rings. The Labute approximate surface area is 160 Å². The van der Waals surface area contributed by atoms with Gasteiger partial charge in [0.1, 0.15) is 0 Å². The van der Waals surface area contributed by atoms with Crippen molar-refractivity contribution in [3.05, 3.63) is 53.1 Å². The van der Waals surface area contributed by atoms with Gasteiger partial charge in [-0.1, -0.05) is 37.6 Å². The molecule has 0 saturated carbocycles. The van der Waals surface area contributed by atoms with E-state index in [0.29, 0.717) is 42.9 Å². The van der Waals surface area contributed by atoms with Gasteiger partial charge in [0, 0.05) is 18.1 Å². The second kappa shape index (κ2) is 7.86. The molecule has 1 saturated heterocycles. The third-order valence-electron chi connectivity index (χ3n) is 4.41. The first kappa shape index (κ1) is 19.0. The van der Waals surface area contributed by atoms with E-state index in [4.69, 9.17) is 16.3 Å². The van der Waals surface area contributed by atoms with Crippen LogP contribution in [-0.2, 0) is 14.8 Å². The Morgan fingerprint density at radius 1 is 1.08 bits per heavy atom. The molecule has 0 amide bonds. The van der Waals surface area contributed by atoms with Gasteiger partial charge in [-0.2, -0.15) is 0 Å². The summed E-state index contributed by atoms with van der Waals surface area (Å²) in [4.78, 5) is 2.33. The molecule has 7 heteroatoms. The minimum atomic E-state index is -3.70. The van der Waals surface area contributed by atoms with Crippen LogP contribution in [0, 0.1) is 0 Å². The van der Waals surface area contributed by atoms with E-state index in [-0.39, 0.29) is 4.90 Å². The summed E-state index contributed by atoms with van der Waals surface area (Å²) in [6.45, 7) is 6.79. The summed E-state index contributed by atoms with van der Waals surface area (Å²) >= 11 is 6.11. The summed E-state index contributed by atoms with van der Waals surface area (Å²) in [5.74, 6) is 0.348. The quantitative estimate of drug-likeness (QED) is 0.829. The summed E-state index contributed by atoms with van der Waals surface area (Å²) in [6.07, 6.45) is 0. The maximum absolute atomic E-state index is 12.8. The highest BCUT2D eigenvalue weighted by Crippen LogP contribution is 2.32. The van der Waals surface area contributed by atoms with Crippen LogP contribution in [0.25, 0.3) is 0 Å². The van der Waals surface area contributed by atoms with E-state index in [9.17, 15) is 8.42 Å². The molecule has 2 aromatic carbocycles. The smallest absolute Gasteiger partial charge is 0.261 e. The summed E-state index contributed by atoms with van der Waals surface area (Å²) in [5, 5.41) is 0.481. The molecule has 5 nitrogen and oxygen atoms in total. The molecule has 1 aliphatic heterocycles. The second-order valence-electron chi connectivity index (χ2n) is 6.59. The Morgan fingerprint density at radius 3 is 2.35 bits per heavy atom. The first-order chi connectivity index (χ1) is 12.4. The topological polar surface area (TPSA) is 58.6 Å². The normalized spacial score (nSPS) is 15.3. The molecule has 1 N–H and O–H groups in total. The fraction of sp³-hybridized carbons (Fsp3) is 0.368. The van der Waals surface area contributed by atoms with Crippen molar-refractivity contribution < 1.29 is 13.2 Å². The number of halogens is 1. The Morgan fingerprint density at radius 2 is 1.73 bits per heavy atom. The van der Waals surface area contributed by atoms with Gasteiger partial charge in [0.05, 0.1) is 29.5 Å². The molecular formula is C19H23ClN2O3S. The van der Waals surface area contributed by atoms with Gasteiger partial charge in [-0.15, -0.1) is 0 Å². The fourth-order valence-corrected chi connectivity index (χ4v) is 4.14. The van der Waals surface area contributed by atoms with Crippen molar-refractivity contribution in [3.63, 3.8) is 0 Å². The van der Waals surface area contributed by atoms with Crippen LogP contribution in [0.4, 0.5) is 11.4 Å². The summed E-state index contributed by atoms with van der Waals surface area (Å²) < 4.78 is 33.7. The number of sulfonamides is 1. The van der Waals surface area contributed by atoms with Gasteiger partial charge in [0.15, 0.2) is 0 Å². The Balaban J connectivity index is 1.90. The van der Waals surface area contributed by atoms with Crippen LogP contribution in [0.3, 0.4) is 0 Å². The van der Waals surface area contributed by atoms with Crippen LogP contribution >= 0.6 is 11.6 Å². The number of ether oxygens (including phenoxy) is 1. The van der Waals surface area contributed by atoms with Crippen molar-refractivity contribution in [2.75, 3.05) is 35.9 Å².